The van der Waals surface area contributed by atoms with E-state index in [2.05, 4.69) is 26.7 Å². The second kappa shape index (κ2) is 8.53. The van der Waals surface area contributed by atoms with E-state index in [-0.39, 0.29) is 12.6 Å². The van der Waals surface area contributed by atoms with Crippen LogP contribution in [0.2, 0.25) is 0 Å². The number of hydrogen-bond donors (Lipinski definition) is 3. The predicted octanol–water partition coefficient (Wildman–Crippen LogP) is 2.90. The number of urea groups is 1. The number of aliphatic hydroxyl groups excluding tert-OH is 1. The Morgan fingerprint density at radius 3 is 2.64 bits per heavy atom. The number of rotatable bonds is 5. The molecule has 1 aliphatic rings. The molecule has 0 atom stereocenters. The number of para-hydroxylation sites is 2. The monoisotopic (exact) mass is 343 g/mol. The van der Waals surface area contributed by atoms with Gasteiger partial charge in [0.2, 0.25) is 0 Å². The van der Waals surface area contributed by atoms with Gasteiger partial charge in [0.15, 0.2) is 0 Å². The molecule has 2 aromatic rings. The summed E-state index contributed by atoms with van der Waals surface area (Å²) in [6.45, 7) is 2.46. The van der Waals surface area contributed by atoms with Gasteiger partial charge in [-0.1, -0.05) is 25.0 Å². The Hall–Kier alpha value is -2.54. The lowest BCUT2D eigenvalue weighted by Gasteiger charge is -2.25. The number of amides is 2. The molecule has 3 rings (SSSR count). The maximum atomic E-state index is 12.3. The molecule has 0 saturated carbocycles. The quantitative estimate of drug-likeness (QED) is 0.779. The number of benzene rings is 1. The van der Waals surface area contributed by atoms with Crippen LogP contribution in [-0.2, 0) is 6.54 Å². The Labute approximate surface area is 147 Å². The summed E-state index contributed by atoms with van der Waals surface area (Å²) in [5.41, 5.74) is 2.47. The van der Waals surface area contributed by atoms with Crippen molar-refractivity contribution in [2.45, 2.75) is 32.2 Å². The fourth-order valence-corrected chi connectivity index (χ4v) is 3.10. The van der Waals surface area contributed by atoms with Gasteiger partial charge in [-0.05, 0) is 25.0 Å². The molecule has 25 heavy (non-hydrogen) atoms. The van der Waals surface area contributed by atoms with Crippen molar-refractivity contribution < 1.29 is 9.90 Å². The molecule has 1 aromatic heterocycles. The van der Waals surface area contributed by atoms with Gasteiger partial charge in [0.1, 0.15) is 0 Å². The standard InChI is InChI=1S/C18H25N5O2/c24-12-11-23-14-15(13-19-23)20-18(25)21-16-7-3-4-8-17(16)22-9-5-1-2-6-10-22/h3-4,7-8,13-14,24H,1-2,5-6,9-12H2,(H2,20,21,25). The first kappa shape index (κ1) is 17.3. The Morgan fingerprint density at radius 1 is 1.12 bits per heavy atom. The summed E-state index contributed by atoms with van der Waals surface area (Å²) < 4.78 is 1.58. The maximum absolute atomic E-state index is 12.3. The van der Waals surface area contributed by atoms with Crippen molar-refractivity contribution in [3.8, 4) is 0 Å². The van der Waals surface area contributed by atoms with Gasteiger partial charge >= 0.3 is 6.03 Å². The molecule has 0 bridgehead atoms. The zero-order valence-electron chi connectivity index (χ0n) is 14.3. The third-order valence-corrected chi connectivity index (χ3v) is 4.32. The number of nitrogens with zero attached hydrogens (tertiary/aromatic N) is 3. The number of carbonyl (C=O) groups excluding carboxylic acids is 1. The van der Waals surface area contributed by atoms with Crippen molar-refractivity contribution in [3.05, 3.63) is 36.7 Å². The van der Waals surface area contributed by atoms with E-state index in [9.17, 15) is 4.79 Å². The molecule has 134 valence electrons. The number of anilines is 3. The minimum atomic E-state index is -0.300. The summed E-state index contributed by atoms with van der Waals surface area (Å²) in [7, 11) is 0. The highest BCUT2D eigenvalue weighted by atomic mass is 16.3. The Balaban J connectivity index is 1.66. The zero-order valence-corrected chi connectivity index (χ0v) is 14.3. The van der Waals surface area contributed by atoms with Gasteiger partial charge in [-0.15, -0.1) is 0 Å². The van der Waals surface area contributed by atoms with Crippen molar-refractivity contribution >= 4 is 23.1 Å². The van der Waals surface area contributed by atoms with E-state index in [1.165, 1.54) is 25.7 Å². The average Bonchev–Trinajstić information content (AvgIpc) is 2.87. The van der Waals surface area contributed by atoms with E-state index in [0.29, 0.717) is 12.2 Å². The van der Waals surface area contributed by atoms with E-state index in [1.807, 2.05) is 18.2 Å². The molecule has 0 unspecified atom stereocenters. The van der Waals surface area contributed by atoms with Crippen LogP contribution < -0.4 is 15.5 Å². The lowest BCUT2D eigenvalue weighted by atomic mass is 10.2. The topological polar surface area (TPSA) is 82.4 Å². The molecule has 7 nitrogen and oxygen atoms in total. The summed E-state index contributed by atoms with van der Waals surface area (Å²) in [5, 5.41) is 18.7. The van der Waals surface area contributed by atoms with Gasteiger partial charge in [0.25, 0.3) is 0 Å². The Kier molecular flexibility index (Phi) is 5.90. The lowest BCUT2D eigenvalue weighted by Crippen LogP contribution is -2.26. The Morgan fingerprint density at radius 2 is 1.88 bits per heavy atom. The second-order valence-electron chi connectivity index (χ2n) is 6.21. The molecule has 1 aliphatic heterocycles. The van der Waals surface area contributed by atoms with E-state index >= 15 is 0 Å². The van der Waals surface area contributed by atoms with Gasteiger partial charge < -0.3 is 20.6 Å². The third kappa shape index (κ3) is 4.73. The normalized spacial score (nSPS) is 14.8. The number of aliphatic hydroxyl groups is 1. The average molecular weight is 343 g/mol. The largest absolute Gasteiger partial charge is 0.394 e. The smallest absolute Gasteiger partial charge is 0.323 e. The molecule has 3 N–H and O–H groups in total. The second-order valence-corrected chi connectivity index (χ2v) is 6.21. The van der Waals surface area contributed by atoms with Crippen LogP contribution in [0.5, 0.6) is 0 Å². The maximum Gasteiger partial charge on any atom is 0.323 e. The van der Waals surface area contributed by atoms with E-state index in [0.717, 1.165) is 24.5 Å². The highest BCUT2D eigenvalue weighted by Gasteiger charge is 2.15. The summed E-state index contributed by atoms with van der Waals surface area (Å²) in [6.07, 6.45) is 8.16. The van der Waals surface area contributed by atoms with Crippen LogP contribution in [0.15, 0.2) is 36.7 Å². The van der Waals surface area contributed by atoms with Crippen molar-refractivity contribution in [2.75, 3.05) is 35.2 Å². The van der Waals surface area contributed by atoms with Crippen LogP contribution in [0.3, 0.4) is 0 Å². The molecule has 0 radical (unpaired) electrons. The number of carbonyl (C=O) groups is 1. The number of aromatic nitrogens is 2. The van der Waals surface area contributed by atoms with Gasteiger partial charge in [-0.25, -0.2) is 4.79 Å². The van der Waals surface area contributed by atoms with E-state index in [4.69, 9.17) is 5.11 Å². The third-order valence-electron chi connectivity index (χ3n) is 4.32. The number of nitrogens with one attached hydrogen (secondary N) is 2. The van der Waals surface area contributed by atoms with Crippen LogP contribution in [-0.4, -0.2) is 40.6 Å². The minimum Gasteiger partial charge on any atom is -0.394 e. The van der Waals surface area contributed by atoms with Crippen LogP contribution in [0.1, 0.15) is 25.7 Å². The molecular weight excluding hydrogens is 318 g/mol. The fourth-order valence-electron chi connectivity index (χ4n) is 3.10. The Bertz CT molecular complexity index is 692. The first-order valence-corrected chi connectivity index (χ1v) is 8.81. The highest BCUT2D eigenvalue weighted by Crippen LogP contribution is 2.28. The van der Waals surface area contributed by atoms with Crippen LogP contribution >= 0.6 is 0 Å². The van der Waals surface area contributed by atoms with E-state index < -0.39 is 0 Å². The van der Waals surface area contributed by atoms with Crippen molar-refractivity contribution in [3.63, 3.8) is 0 Å². The van der Waals surface area contributed by atoms with E-state index in [1.54, 1.807) is 17.1 Å². The fraction of sp³-hybridized carbons (Fsp3) is 0.444. The summed E-state index contributed by atoms with van der Waals surface area (Å²) in [4.78, 5) is 14.7. The van der Waals surface area contributed by atoms with Gasteiger partial charge in [-0.3, -0.25) is 4.68 Å². The van der Waals surface area contributed by atoms with Crippen LogP contribution in [0.4, 0.5) is 21.9 Å². The van der Waals surface area contributed by atoms with Crippen molar-refractivity contribution in [1.82, 2.24) is 9.78 Å². The summed E-state index contributed by atoms with van der Waals surface area (Å²) >= 11 is 0. The van der Waals surface area contributed by atoms with Crippen molar-refractivity contribution in [2.24, 2.45) is 0 Å². The first-order chi connectivity index (χ1) is 12.3. The molecule has 2 amide bonds. The van der Waals surface area contributed by atoms with Crippen LogP contribution in [0.25, 0.3) is 0 Å². The van der Waals surface area contributed by atoms with Crippen molar-refractivity contribution in [1.29, 1.82) is 0 Å². The SMILES string of the molecule is O=C(Nc1cnn(CCO)c1)Nc1ccccc1N1CCCCCC1. The molecular formula is C18H25N5O2. The number of hydrogen-bond acceptors (Lipinski definition) is 4. The molecule has 0 spiro atoms. The lowest BCUT2D eigenvalue weighted by molar-refractivity contribution is 0.262. The molecule has 7 heteroatoms. The summed E-state index contributed by atoms with van der Waals surface area (Å²) in [6, 6.07) is 7.61. The predicted molar refractivity (Wildman–Crippen MR) is 99.1 cm³/mol. The van der Waals surface area contributed by atoms with Gasteiger partial charge in [0, 0.05) is 19.3 Å². The minimum absolute atomic E-state index is 0.0104. The highest BCUT2D eigenvalue weighted by molar-refractivity contribution is 6.01. The zero-order chi connectivity index (χ0) is 17.5. The van der Waals surface area contributed by atoms with Gasteiger partial charge in [-0.2, -0.15) is 5.10 Å². The first-order valence-electron chi connectivity index (χ1n) is 8.81. The summed E-state index contributed by atoms with van der Waals surface area (Å²) in [5.74, 6) is 0. The molecule has 1 aromatic carbocycles. The molecule has 2 heterocycles. The molecule has 1 saturated heterocycles. The van der Waals surface area contributed by atoms with Crippen LogP contribution in [0, 0.1) is 0 Å². The van der Waals surface area contributed by atoms with Gasteiger partial charge in [0.05, 0.1) is 36.4 Å². The molecule has 1 fully saturated rings. The molecule has 0 aliphatic carbocycles.